The lowest BCUT2D eigenvalue weighted by molar-refractivity contribution is -0.160. The van der Waals surface area contributed by atoms with Gasteiger partial charge in [0.05, 0.1) is 6.04 Å². The van der Waals surface area contributed by atoms with Gasteiger partial charge in [-0.3, -0.25) is 9.59 Å². The standard InChI is InChI=1S/C11H19N3O2/c1-8(2)6-13-7-9-5-12-3-4-14(9)11(16)10(13)15/h8-9,12H,3-7H2,1-2H3. The fourth-order valence-electron chi connectivity index (χ4n) is 2.39. The summed E-state index contributed by atoms with van der Waals surface area (Å²) in [6, 6.07) is 0.165. The summed E-state index contributed by atoms with van der Waals surface area (Å²) in [6.07, 6.45) is 0. The van der Waals surface area contributed by atoms with Gasteiger partial charge in [0.2, 0.25) is 0 Å². The molecule has 2 aliphatic heterocycles. The monoisotopic (exact) mass is 225 g/mol. The summed E-state index contributed by atoms with van der Waals surface area (Å²) in [7, 11) is 0. The number of hydrogen-bond donors (Lipinski definition) is 1. The molecule has 2 aliphatic rings. The third-order valence-electron chi connectivity index (χ3n) is 3.10. The lowest BCUT2D eigenvalue weighted by Crippen LogP contribution is -2.65. The first-order valence-electron chi connectivity index (χ1n) is 5.90. The molecule has 0 aromatic carbocycles. The molecule has 90 valence electrons. The Bertz CT molecular complexity index is 304. The Labute approximate surface area is 95.8 Å². The molecular formula is C11H19N3O2. The average Bonchev–Trinajstić information content (AvgIpc) is 2.25. The molecule has 5 heteroatoms. The van der Waals surface area contributed by atoms with Crippen LogP contribution in [0.4, 0.5) is 0 Å². The molecule has 1 N–H and O–H groups in total. The molecule has 1 unspecified atom stereocenters. The van der Waals surface area contributed by atoms with E-state index in [0.29, 0.717) is 25.6 Å². The number of carbonyl (C=O) groups is 2. The molecule has 0 aliphatic carbocycles. The Morgan fingerprint density at radius 1 is 1.38 bits per heavy atom. The second-order valence-electron chi connectivity index (χ2n) is 4.96. The molecule has 2 heterocycles. The van der Waals surface area contributed by atoms with E-state index in [1.165, 1.54) is 0 Å². The third kappa shape index (κ3) is 2.04. The highest BCUT2D eigenvalue weighted by Gasteiger charge is 2.39. The summed E-state index contributed by atoms with van der Waals surface area (Å²) in [4.78, 5) is 27.1. The number of fused-ring (bicyclic) bond motifs is 1. The van der Waals surface area contributed by atoms with Crippen LogP contribution in [-0.2, 0) is 9.59 Å². The molecule has 0 saturated carbocycles. The van der Waals surface area contributed by atoms with Gasteiger partial charge in [-0.15, -0.1) is 0 Å². The Hall–Kier alpha value is -1.10. The highest BCUT2D eigenvalue weighted by Crippen LogP contribution is 2.15. The minimum atomic E-state index is -0.327. The number of carbonyl (C=O) groups excluding carboxylic acids is 2. The minimum absolute atomic E-state index is 0.165. The molecule has 2 fully saturated rings. The van der Waals surface area contributed by atoms with E-state index in [1.807, 2.05) is 0 Å². The maximum Gasteiger partial charge on any atom is 0.312 e. The van der Waals surface area contributed by atoms with Crippen LogP contribution in [0.2, 0.25) is 0 Å². The second-order valence-corrected chi connectivity index (χ2v) is 4.96. The van der Waals surface area contributed by atoms with Crippen LogP contribution in [0.3, 0.4) is 0 Å². The first-order chi connectivity index (χ1) is 7.59. The molecule has 5 nitrogen and oxygen atoms in total. The molecule has 0 aromatic heterocycles. The molecular weight excluding hydrogens is 206 g/mol. The normalized spacial score (nSPS) is 26.3. The largest absolute Gasteiger partial charge is 0.332 e. The maximum atomic E-state index is 11.9. The maximum absolute atomic E-state index is 11.9. The highest BCUT2D eigenvalue weighted by atomic mass is 16.2. The summed E-state index contributed by atoms with van der Waals surface area (Å²) in [6.45, 7) is 7.72. The van der Waals surface area contributed by atoms with Gasteiger partial charge in [-0.25, -0.2) is 0 Å². The van der Waals surface area contributed by atoms with E-state index in [0.717, 1.165) is 13.1 Å². The van der Waals surface area contributed by atoms with E-state index in [-0.39, 0.29) is 17.9 Å². The highest BCUT2D eigenvalue weighted by molar-refractivity contribution is 6.35. The van der Waals surface area contributed by atoms with E-state index in [2.05, 4.69) is 19.2 Å². The van der Waals surface area contributed by atoms with Gasteiger partial charge < -0.3 is 15.1 Å². The van der Waals surface area contributed by atoms with Gasteiger partial charge in [0.25, 0.3) is 0 Å². The Balaban J connectivity index is 2.08. The molecule has 0 bridgehead atoms. The summed E-state index contributed by atoms with van der Waals surface area (Å²) < 4.78 is 0. The second kappa shape index (κ2) is 4.41. The van der Waals surface area contributed by atoms with E-state index in [1.54, 1.807) is 9.80 Å². The SMILES string of the molecule is CC(C)CN1CC2CNCCN2C(=O)C1=O. The van der Waals surface area contributed by atoms with E-state index < -0.39 is 0 Å². The smallest absolute Gasteiger partial charge is 0.312 e. The Morgan fingerprint density at radius 2 is 2.12 bits per heavy atom. The molecule has 2 rings (SSSR count). The van der Waals surface area contributed by atoms with Crippen molar-refractivity contribution in [2.45, 2.75) is 19.9 Å². The first-order valence-corrected chi connectivity index (χ1v) is 5.90. The van der Waals surface area contributed by atoms with Crippen molar-refractivity contribution in [3.8, 4) is 0 Å². The molecule has 0 spiro atoms. The van der Waals surface area contributed by atoms with Crippen LogP contribution >= 0.6 is 0 Å². The number of piperazine rings is 2. The first kappa shape index (κ1) is 11.4. The van der Waals surface area contributed by atoms with Crippen molar-refractivity contribution in [2.75, 3.05) is 32.7 Å². The van der Waals surface area contributed by atoms with Crippen molar-refractivity contribution in [3.63, 3.8) is 0 Å². The molecule has 2 amide bonds. The van der Waals surface area contributed by atoms with E-state index >= 15 is 0 Å². The van der Waals surface area contributed by atoms with Crippen molar-refractivity contribution in [1.29, 1.82) is 0 Å². The predicted molar refractivity (Wildman–Crippen MR) is 59.8 cm³/mol. The van der Waals surface area contributed by atoms with Gasteiger partial charge in [-0.05, 0) is 5.92 Å². The fourth-order valence-corrected chi connectivity index (χ4v) is 2.39. The quantitative estimate of drug-likeness (QED) is 0.631. The van der Waals surface area contributed by atoms with Gasteiger partial charge in [0.1, 0.15) is 0 Å². The summed E-state index contributed by atoms with van der Waals surface area (Å²) >= 11 is 0. The van der Waals surface area contributed by atoms with Gasteiger partial charge in [0, 0.05) is 32.7 Å². The third-order valence-corrected chi connectivity index (χ3v) is 3.10. The predicted octanol–water partition coefficient (Wildman–Crippen LogP) is -0.715. The number of rotatable bonds is 2. The van der Waals surface area contributed by atoms with Crippen LogP contribution in [0.1, 0.15) is 13.8 Å². The number of amides is 2. The van der Waals surface area contributed by atoms with Crippen molar-refractivity contribution >= 4 is 11.8 Å². The van der Waals surface area contributed by atoms with Crippen LogP contribution in [0, 0.1) is 5.92 Å². The zero-order valence-corrected chi connectivity index (χ0v) is 9.90. The van der Waals surface area contributed by atoms with Crippen LogP contribution in [0.15, 0.2) is 0 Å². The van der Waals surface area contributed by atoms with Crippen molar-refractivity contribution in [2.24, 2.45) is 5.92 Å². The van der Waals surface area contributed by atoms with E-state index in [4.69, 9.17) is 0 Å². The van der Waals surface area contributed by atoms with Crippen molar-refractivity contribution < 1.29 is 9.59 Å². The Kier molecular flexibility index (Phi) is 3.14. The average molecular weight is 225 g/mol. The Morgan fingerprint density at radius 3 is 2.81 bits per heavy atom. The van der Waals surface area contributed by atoms with Gasteiger partial charge >= 0.3 is 11.8 Å². The summed E-state index contributed by atoms with van der Waals surface area (Å²) in [5.74, 6) is -0.245. The van der Waals surface area contributed by atoms with Crippen molar-refractivity contribution in [3.05, 3.63) is 0 Å². The minimum Gasteiger partial charge on any atom is -0.332 e. The lowest BCUT2D eigenvalue weighted by atomic mass is 10.1. The number of hydrogen-bond acceptors (Lipinski definition) is 3. The molecule has 2 saturated heterocycles. The molecule has 0 aromatic rings. The van der Waals surface area contributed by atoms with Crippen LogP contribution in [-0.4, -0.2) is 60.4 Å². The summed E-state index contributed by atoms with van der Waals surface area (Å²) in [5, 5.41) is 3.26. The van der Waals surface area contributed by atoms with Crippen LogP contribution in [0.5, 0.6) is 0 Å². The number of nitrogens with one attached hydrogen (secondary N) is 1. The topological polar surface area (TPSA) is 52.6 Å². The molecule has 1 atom stereocenters. The molecule has 0 radical (unpaired) electrons. The number of nitrogens with zero attached hydrogens (tertiary/aromatic N) is 2. The molecule has 16 heavy (non-hydrogen) atoms. The zero-order chi connectivity index (χ0) is 11.7. The van der Waals surface area contributed by atoms with Crippen LogP contribution in [0.25, 0.3) is 0 Å². The van der Waals surface area contributed by atoms with Crippen LogP contribution < -0.4 is 5.32 Å². The fraction of sp³-hybridized carbons (Fsp3) is 0.818. The van der Waals surface area contributed by atoms with Gasteiger partial charge in [-0.2, -0.15) is 0 Å². The van der Waals surface area contributed by atoms with Crippen molar-refractivity contribution in [1.82, 2.24) is 15.1 Å². The van der Waals surface area contributed by atoms with Gasteiger partial charge in [-0.1, -0.05) is 13.8 Å². The van der Waals surface area contributed by atoms with E-state index in [9.17, 15) is 9.59 Å². The van der Waals surface area contributed by atoms with Gasteiger partial charge in [0.15, 0.2) is 0 Å². The summed E-state index contributed by atoms with van der Waals surface area (Å²) in [5.41, 5.74) is 0. The lowest BCUT2D eigenvalue weighted by Gasteiger charge is -2.43. The zero-order valence-electron chi connectivity index (χ0n) is 9.90.